The molecule has 0 saturated carbocycles. The van der Waals surface area contributed by atoms with E-state index in [9.17, 15) is 8.42 Å². The van der Waals surface area contributed by atoms with Gasteiger partial charge in [-0.1, -0.05) is 29.8 Å². The van der Waals surface area contributed by atoms with E-state index < -0.39 is 10.0 Å². The van der Waals surface area contributed by atoms with Crippen molar-refractivity contribution in [3.8, 4) is 11.5 Å². The average molecular weight is 421 g/mol. The highest BCUT2D eigenvalue weighted by atomic mass is 32.2. The van der Waals surface area contributed by atoms with Gasteiger partial charge < -0.3 is 14.2 Å². The Morgan fingerprint density at radius 3 is 2.31 bits per heavy atom. The van der Waals surface area contributed by atoms with Gasteiger partial charge >= 0.3 is 0 Å². The molecule has 1 saturated heterocycles. The fourth-order valence-corrected chi connectivity index (χ4v) is 4.52. The third-order valence-electron chi connectivity index (χ3n) is 4.99. The Morgan fingerprint density at radius 2 is 1.69 bits per heavy atom. The molecule has 0 bridgehead atoms. The van der Waals surface area contributed by atoms with E-state index in [0.29, 0.717) is 31.3 Å². The highest BCUT2D eigenvalue weighted by Gasteiger charge is 2.25. The van der Waals surface area contributed by atoms with E-state index in [2.05, 4.69) is 9.62 Å². The number of rotatable bonds is 8. The first-order chi connectivity index (χ1) is 13.9. The molecule has 0 spiro atoms. The van der Waals surface area contributed by atoms with E-state index in [4.69, 9.17) is 14.2 Å². The topological polar surface area (TPSA) is 77.1 Å². The van der Waals surface area contributed by atoms with Crippen molar-refractivity contribution in [2.75, 3.05) is 47.1 Å². The summed E-state index contributed by atoms with van der Waals surface area (Å²) in [6.07, 6.45) is 0. The summed E-state index contributed by atoms with van der Waals surface area (Å²) >= 11 is 0. The number of ether oxygens (including phenoxy) is 3. The largest absolute Gasteiger partial charge is 0.493 e. The molecule has 8 heteroatoms. The van der Waals surface area contributed by atoms with Crippen molar-refractivity contribution in [3.05, 3.63) is 53.6 Å². The molecule has 3 rings (SSSR count). The van der Waals surface area contributed by atoms with Gasteiger partial charge in [-0.25, -0.2) is 13.1 Å². The van der Waals surface area contributed by atoms with Crippen LogP contribution in [-0.4, -0.2) is 60.4 Å². The minimum Gasteiger partial charge on any atom is -0.493 e. The van der Waals surface area contributed by atoms with Gasteiger partial charge in [0.15, 0.2) is 11.5 Å². The van der Waals surface area contributed by atoms with Crippen LogP contribution in [-0.2, 0) is 14.8 Å². The lowest BCUT2D eigenvalue weighted by Crippen LogP contribution is -2.43. The van der Waals surface area contributed by atoms with Crippen LogP contribution in [0.4, 0.5) is 0 Å². The Bertz CT molecular complexity index is 909. The van der Waals surface area contributed by atoms with Gasteiger partial charge in [0.25, 0.3) is 0 Å². The maximum absolute atomic E-state index is 13.1. The fraction of sp³-hybridized carbons (Fsp3) is 0.429. The van der Waals surface area contributed by atoms with E-state index in [1.54, 1.807) is 6.07 Å². The molecule has 1 fully saturated rings. The molecule has 1 aliphatic heterocycles. The smallest absolute Gasteiger partial charge is 0.241 e. The normalized spacial score (nSPS) is 16.4. The predicted octanol–water partition coefficient (Wildman–Crippen LogP) is 2.36. The molecule has 0 unspecified atom stereocenters. The Morgan fingerprint density at radius 1 is 1.03 bits per heavy atom. The summed E-state index contributed by atoms with van der Waals surface area (Å²) in [7, 11) is -0.774. The summed E-state index contributed by atoms with van der Waals surface area (Å²) in [5.41, 5.74) is 2.05. The number of nitrogens with one attached hydrogen (secondary N) is 1. The number of benzene rings is 2. The average Bonchev–Trinajstić information content (AvgIpc) is 2.74. The highest BCUT2D eigenvalue weighted by molar-refractivity contribution is 7.89. The number of hydrogen-bond donors (Lipinski definition) is 1. The molecule has 1 aliphatic rings. The number of nitrogens with zero attached hydrogens (tertiary/aromatic N) is 1. The number of hydrogen-bond acceptors (Lipinski definition) is 6. The zero-order valence-electron chi connectivity index (χ0n) is 17.1. The number of aryl methyl sites for hydroxylation is 1. The van der Waals surface area contributed by atoms with Crippen LogP contribution in [0.25, 0.3) is 0 Å². The number of sulfonamides is 1. The van der Waals surface area contributed by atoms with Crippen LogP contribution in [0.15, 0.2) is 47.4 Å². The van der Waals surface area contributed by atoms with Crippen molar-refractivity contribution < 1.29 is 22.6 Å². The minimum atomic E-state index is -3.77. The molecule has 0 amide bonds. The lowest BCUT2D eigenvalue weighted by Gasteiger charge is -2.31. The Labute approximate surface area is 172 Å². The van der Waals surface area contributed by atoms with Crippen molar-refractivity contribution in [2.24, 2.45) is 0 Å². The molecule has 0 aromatic heterocycles. The summed E-state index contributed by atoms with van der Waals surface area (Å²) in [5, 5.41) is 0. The van der Waals surface area contributed by atoms with Crippen LogP contribution < -0.4 is 14.2 Å². The van der Waals surface area contributed by atoms with Crippen molar-refractivity contribution in [1.29, 1.82) is 0 Å². The van der Waals surface area contributed by atoms with Gasteiger partial charge in [-0.15, -0.1) is 0 Å². The second kappa shape index (κ2) is 9.58. The van der Waals surface area contributed by atoms with Crippen LogP contribution in [0.3, 0.4) is 0 Å². The third-order valence-corrected chi connectivity index (χ3v) is 6.46. The molecule has 1 atom stereocenters. The van der Waals surface area contributed by atoms with Crippen LogP contribution >= 0.6 is 0 Å². The van der Waals surface area contributed by atoms with Crippen molar-refractivity contribution in [1.82, 2.24) is 9.62 Å². The molecule has 1 N–H and O–H groups in total. The third kappa shape index (κ3) is 5.48. The molecule has 1 heterocycles. The molecule has 158 valence electrons. The van der Waals surface area contributed by atoms with Crippen LogP contribution in [0.5, 0.6) is 11.5 Å². The summed E-state index contributed by atoms with van der Waals surface area (Å²) in [6, 6.07) is 12.1. The van der Waals surface area contributed by atoms with Crippen molar-refractivity contribution in [2.45, 2.75) is 17.9 Å². The quantitative estimate of drug-likeness (QED) is 0.707. The second-order valence-electron chi connectivity index (χ2n) is 7.01. The van der Waals surface area contributed by atoms with Crippen molar-refractivity contribution >= 4 is 10.0 Å². The Kier molecular flexibility index (Phi) is 7.13. The second-order valence-corrected chi connectivity index (χ2v) is 8.73. The van der Waals surface area contributed by atoms with Gasteiger partial charge in [0.05, 0.1) is 38.4 Å². The van der Waals surface area contributed by atoms with Crippen LogP contribution in [0, 0.1) is 6.92 Å². The Hall–Kier alpha value is -2.13. The number of methoxy groups -OCH3 is 2. The first-order valence-corrected chi connectivity index (χ1v) is 11.0. The molecule has 2 aromatic carbocycles. The molecule has 0 radical (unpaired) electrons. The molecule has 29 heavy (non-hydrogen) atoms. The van der Waals surface area contributed by atoms with Gasteiger partial charge in [-0.2, -0.15) is 0 Å². The van der Waals surface area contributed by atoms with Crippen molar-refractivity contribution in [3.63, 3.8) is 0 Å². The monoisotopic (exact) mass is 420 g/mol. The van der Waals surface area contributed by atoms with E-state index in [1.165, 1.54) is 26.4 Å². The van der Waals surface area contributed by atoms with Crippen LogP contribution in [0.2, 0.25) is 0 Å². The predicted molar refractivity (Wildman–Crippen MR) is 111 cm³/mol. The van der Waals surface area contributed by atoms with E-state index >= 15 is 0 Å². The molecule has 0 aliphatic carbocycles. The van der Waals surface area contributed by atoms with E-state index in [-0.39, 0.29) is 10.9 Å². The van der Waals surface area contributed by atoms with Gasteiger partial charge in [0.2, 0.25) is 10.0 Å². The fourth-order valence-electron chi connectivity index (χ4n) is 3.29. The van der Waals surface area contributed by atoms with Gasteiger partial charge in [0, 0.05) is 25.7 Å². The maximum atomic E-state index is 13.1. The first kappa shape index (κ1) is 21.6. The summed E-state index contributed by atoms with van der Waals surface area (Å²) in [4.78, 5) is 2.35. The van der Waals surface area contributed by atoms with Crippen LogP contribution in [0.1, 0.15) is 17.2 Å². The minimum absolute atomic E-state index is 0.134. The molecular formula is C21H28N2O5S. The first-order valence-electron chi connectivity index (χ1n) is 9.54. The zero-order chi connectivity index (χ0) is 20.9. The summed E-state index contributed by atoms with van der Waals surface area (Å²) < 4.78 is 45.0. The van der Waals surface area contributed by atoms with Gasteiger partial charge in [-0.05, 0) is 24.6 Å². The lowest BCUT2D eigenvalue weighted by molar-refractivity contribution is 0.0345. The molecule has 2 aromatic rings. The summed E-state index contributed by atoms with van der Waals surface area (Å²) in [6.45, 7) is 5.44. The molecule has 7 nitrogen and oxygen atoms in total. The lowest BCUT2D eigenvalue weighted by atomic mass is 10.1. The highest BCUT2D eigenvalue weighted by Crippen LogP contribution is 2.30. The molecular weight excluding hydrogens is 392 g/mol. The summed E-state index contributed by atoms with van der Waals surface area (Å²) in [5.74, 6) is 0.852. The number of morpholine rings is 1. The Balaban J connectivity index is 1.88. The van der Waals surface area contributed by atoms with Gasteiger partial charge in [0.1, 0.15) is 0 Å². The SMILES string of the molecule is COc1ccc(S(=O)(=O)N[C@H](CN2CCOCC2)c2ccc(C)cc2)cc1OC. The van der Waals surface area contributed by atoms with Gasteiger partial charge in [-0.3, -0.25) is 4.90 Å². The van der Waals surface area contributed by atoms with E-state index in [1.807, 2.05) is 31.2 Å². The standard InChI is InChI=1S/C21H28N2O5S/c1-16-4-6-17(7-5-16)19(15-23-10-12-28-13-11-23)22-29(24,25)18-8-9-20(26-2)21(14-18)27-3/h4-9,14,19,22H,10-13,15H2,1-3H3/t19-/m1/s1. The zero-order valence-corrected chi connectivity index (χ0v) is 17.9. The van der Waals surface area contributed by atoms with E-state index in [0.717, 1.165) is 24.2 Å². The maximum Gasteiger partial charge on any atom is 0.241 e.